The SMILES string of the molecule is Cc1cc(F)c(NS(=O)(=O)c2ccc(C#N)cc2)cc1F. The van der Waals surface area contributed by atoms with Crippen molar-refractivity contribution in [1.29, 1.82) is 5.26 Å². The van der Waals surface area contributed by atoms with Gasteiger partial charge in [-0.25, -0.2) is 17.2 Å². The van der Waals surface area contributed by atoms with Gasteiger partial charge in [-0.15, -0.1) is 0 Å². The van der Waals surface area contributed by atoms with Gasteiger partial charge in [0, 0.05) is 6.07 Å². The molecule has 108 valence electrons. The van der Waals surface area contributed by atoms with Crippen molar-refractivity contribution in [2.24, 2.45) is 0 Å². The lowest BCUT2D eigenvalue weighted by Gasteiger charge is -2.10. The highest BCUT2D eigenvalue weighted by Crippen LogP contribution is 2.22. The maximum atomic E-state index is 13.7. The van der Waals surface area contributed by atoms with E-state index in [0.29, 0.717) is 5.56 Å². The molecule has 0 aromatic heterocycles. The minimum atomic E-state index is -4.06. The molecule has 4 nitrogen and oxygen atoms in total. The highest BCUT2D eigenvalue weighted by atomic mass is 32.2. The molecule has 0 radical (unpaired) electrons. The summed E-state index contributed by atoms with van der Waals surface area (Å²) in [6.07, 6.45) is 0. The van der Waals surface area contributed by atoms with E-state index in [0.717, 1.165) is 12.1 Å². The Bertz CT molecular complexity index is 825. The van der Waals surface area contributed by atoms with E-state index in [1.807, 2.05) is 10.8 Å². The Morgan fingerprint density at radius 1 is 1.10 bits per heavy atom. The van der Waals surface area contributed by atoms with E-state index >= 15 is 0 Å². The van der Waals surface area contributed by atoms with Gasteiger partial charge in [0.25, 0.3) is 10.0 Å². The lowest BCUT2D eigenvalue weighted by atomic mass is 10.2. The molecule has 0 unspecified atom stereocenters. The average Bonchev–Trinajstić information content (AvgIpc) is 2.44. The van der Waals surface area contributed by atoms with Gasteiger partial charge >= 0.3 is 0 Å². The molecule has 0 fully saturated rings. The highest BCUT2D eigenvalue weighted by molar-refractivity contribution is 7.92. The zero-order valence-corrected chi connectivity index (χ0v) is 11.7. The third-order valence-electron chi connectivity index (χ3n) is 2.79. The largest absolute Gasteiger partial charge is 0.277 e. The van der Waals surface area contributed by atoms with Crippen molar-refractivity contribution in [2.45, 2.75) is 11.8 Å². The average molecular weight is 308 g/mol. The minimum Gasteiger partial charge on any atom is -0.277 e. The molecule has 0 aliphatic rings. The number of hydrogen-bond donors (Lipinski definition) is 1. The summed E-state index contributed by atoms with van der Waals surface area (Å²) in [5, 5.41) is 8.65. The second-order valence-corrected chi connectivity index (χ2v) is 6.01. The smallest absolute Gasteiger partial charge is 0.261 e. The Hall–Kier alpha value is -2.46. The van der Waals surface area contributed by atoms with Crippen LogP contribution in [0.4, 0.5) is 14.5 Å². The molecule has 1 N–H and O–H groups in total. The lowest BCUT2D eigenvalue weighted by Crippen LogP contribution is -2.14. The first-order chi connectivity index (χ1) is 9.83. The number of sulfonamides is 1. The topological polar surface area (TPSA) is 70.0 Å². The molecule has 0 aliphatic carbocycles. The summed E-state index contributed by atoms with van der Waals surface area (Å²) in [5.41, 5.74) is -0.0993. The summed E-state index contributed by atoms with van der Waals surface area (Å²) in [4.78, 5) is -0.151. The summed E-state index contributed by atoms with van der Waals surface area (Å²) >= 11 is 0. The molecule has 7 heteroatoms. The van der Waals surface area contributed by atoms with Gasteiger partial charge in [-0.3, -0.25) is 4.72 Å². The fourth-order valence-electron chi connectivity index (χ4n) is 1.64. The van der Waals surface area contributed by atoms with E-state index in [1.54, 1.807) is 0 Å². The van der Waals surface area contributed by atoms with E-state index in [4.69, 9.17) is 5.26 Å². The molecule has 0 bridgehead atoms. The van der Waals surface area contributed by atoms with Gasteiger partial charge < -0.3 is 0 Å². The third kappa shape index (κ3) is 3.17. The van der Waals surface area contributed by atoms with Gasteiger partial charge in [0.15, 0.2) is 0 Å². The fraction of sp³-hybridized carbons (Fsp3) is 0.0714. The van der Waals surface area contributed by atoms with Crippen LogP contribution in [0.2, 0.25) is 0 Å². The lowest BCUT2D eigenvalue weighted by molar-refractivity contribution is 0.590. The van der Waals surface area contributed by atoms with Crippen LogP contribution in [-0.4, -0.2) is 8.42 Å². The summed E-state index contributed by atoms with van der Waals surface area (Å²) in [5.74, 6) is -1.58. The Kier molecular flexibility index (Phi) is 3.91. The third-order valence-corrected chi connectivity index (χ3v) is 4.17. The van der Waals surface area contributed by atoms with Crippen molar-refractivity contribution >= 4 is 15.7 Å². The van der Waals surface area contributed by atoms with Crippen LogP contribution < -0.4 is 4.72 Å². The van der Waals surface area contributed by atoms with Crippen LogP contribution in [0.15, 0.2) is 41.3 Å². The van der Waals surface area contributed by atoms with Gasteiger partial charge in [0.1, 0.15) is 11.6 Å². The number of nitriles is 1. The highest BCUT2D eigenvalue weighted by Gasteiger charge is 2.17. The van der Waals surface area contributed by atoms with Crippen molar-refractivity contribution in [3.63, 3.8) is 0 Å². The molecule has 2 aromatic rings. The normalized spacial score (nSPS) is 11.0. The van der Waals surface area contributed by atoms with Crippen molar-refractivity contribution in [3.05, 3.63) is 59.2 Å². The van der Waals surface area contributed by atoms with Gasteiger partial charge in [0.2, 0.25) is 0 Å². The molecule has 0 heterocycles. The van der Waals surface area contributed by atoms with Crippen LogP contribution in [0.3, 0.4) is 0 Å². The number of aryl methyl sites for hydroxylation is 1. The maximum Gasteiger partial charge on any atom is 0.261 e. The van der Waals surface area contributed by atoms with Crippen LogP contribution in [-0.2, 0) is 10.0 Å². The molecule has 0 atom stereocenters. The number of nitrogens with zero attached hydrogens (tertiary/aromatic N) is 1. The fourth-order valence-corrected chi connectivity index (χ4v) is 2.69. The van der Waals surface area contributed by atoms with Crippen molar-refractivity contribution in [1.82, 2.24) is 0 Å². The molecule has 0 aliphatic heterocycles. The summed E-state index contributed by atoms with van der Waals surface area (Å²) in [6, 6.07) is 8.61. The molecular weight excluding hydrogens is 298 g/mol. The van der Waals surface area contributed by atoms with E-state index in [1.165, 1.54) is 31.2 Å². The zero-order valence-electron chi connectivity index (χ0n) is 10.9. The Morgan fingerprint density at radius 3 is 2.29 bits per heavy atom. The second kappa shape index (κ2) is 5.50. The number of anilines is 1. The molecule has 0 saturated carbocycles. The van der Waals surface area contributed by atoms with E-state index in [9.17, 15) is 17.2 Å². The minimum absolute atomic E-state index is 0.0776. The van der Waals surface area contributed by atoms with Gasteiger partial charge in [-0.2, -0.15) is 5.26 Å². The number of halogens is 2. The predicted octanol–water partition coefficient (Wildman–Crippen LogP) is 2.95. The van der Waals surface area contributed by atoms with Crippen LogP contribution in [0, 0.1) is 29.9 Å². The quantitative estimate of drug-likeness (QED) is 0.947. The van der Waals surface area contributed by atoms with E-state index < -0.39 is 27.3 Å². The van der Waals surface area contributed by atoms with Gasteiger partial charge in [-0.05, 0) is 42.8 Å². The maximum absolute atomic E-state index is 13.7. The standard InChI is InChI=1S/C14H10F2N2O2S/c1-9-6-13(16)14(7-12(9)15)18-21(19,20)11-4-2-10(8-17)3-5-11/h2-7,18H,1H3. The molecule has 21 heavy (non-hydrogen) atoms. The molecule has 0 amide bonds. The number of benzene rings is 2. The van der Waals surface area contributed by atoms with Crippen molar-refractivity contribution < 1.29 is 17.2 Å². The summed E-state index contributed by atoms with van der Waals surface area (Å²) in [6.45, 7) is 1.37. The number of rotatable bonds is 3. The van der Waals surface area contributed by atoms with Crippen LogP contribution in [0.5, 0.6) is 0 Å². The van der Waals surface area contributed by atoms with Crippen LogP contribution >= 0.6 is 0 Å². The predicted molar refractivity (Wildman–Crippen MR) is 73.1 cm³/mol. The number of nitrogens with one attached hydrogen (secondary N) is 1. The van der Waals surface area contributed by atoms with Crippen molar-refractivity contribution in [2.75, 3.05) is 4.72 Å². The summed E-state index contributed by atoms with van der Waals surface area (Å²) in [7, 11) is -4.06. The molecule has 2 aromatic carbocycles. The zero-order chi connectivity index (χ0) is 15.6. The molecular formula is C14H10F2N2O2S. The molecule has 0 saturated heterocycles. The van der Waals surface area contributed by atoms with Gasteiger partial charge in [-0.1, -0.05) is 0 Å². The molecule has 0 spiro atoms. The second-order valence-electron chi connectivity index (χ2n) is 4.32. The molecule has 2 rings (SSSR count). The Morgan fingerprint density at radius 2 is 1.71 bits per heavy atom. The number of hydrogen-bond acceptors (Lipinski definition) is 3. The monoisotopic (exact) mass is 308 g/mol. The van der Waals surface area contributed by atoms with E-state index in [2.05, 4.69) is 0 Å². The summed E-state index contributed by atoms with van der Waals surface area (Å²) < 4.78 is 53.2. The first kappa shape index (κ1) is 14.9. The first-order valence-electron chi connectivity index (χ1n) is 5.82. The Balaban J connectivity index is 2.37. The Labute approximate surface area is 120 Å². The van der Waals surface area contributed by atoms with Crippen molar-refractivity contribution in [3.8, 4) is 6.07 Å². The van der Waals surface area contributed by atoms with Crippen LogP contribution in [0.1, 0.15) is 11.1 Å². The first-order valence-corrected chi connectivity index (χ1v) is 7.30. The van der Waals surface area contributed by atoms with Gasteiger partial charge in [0.05, 0.1) is 22.2 Å². The van der Waals surface area contributed by atoms with Crippen LogP contribution in [0.25, 0.3) is 0 Å². The van der Waals surface area contributed by atoms with E-state index in [-0.39, 0.29) is 10.5 Å².